The Kier molecular flexibility index (Phi) is 7.71. The topological polar surface area (TPSA) is 41.1 Å². The summed E-state index contributed by atoms with van der Waals surface area (Å²) in [6.07, 6.45) is -0.0900. The first kappa shape index (κ1) is 25.7. The van der Waals surface area contributed by atoms with Crippen molar-refractivity contribution in [3.05, 3.63) is 163 Å². The second-order valence-corrected chi connectivity index (χ2v) is 14.2. The molecule has 0 aliphatic carbocycles. The van der Waals surface area contributed by atoms with Crippen molar-refractivity contribution >= 4 is 40.1 Å². The summed E-state index contributed by atoms with van der Waals surface area (Å²) in [7, 11) is -2.31. The van der Waals surface area contributed by atoms with E-state index in [0.717, 1.165) is 5.56 Å². The van der Waals surface area contributed by atoms with E-state index in [4.69, 9.17) is 0 Å². The average Bonchev–Trinajstić information content (AvgIpc) is 3.44. The van der Waals surface area contributed by atoms with Gasteiger partial charge in [0.2, 0.25) is 5.12 Å². The minimum absolute atomic E-state index is 0.0485. The predicted octanol–water partition coefficient (Wildman–Crippen LogP) is 6.10. The first-order chi connectivity index (χ1) is 19.3. The number of hydrogen-bond acceptors (Lipinski definition) is 4. The Morgan fingerprint density at radius 2 is 0.949 bits per heavy atom. The lowest BCUT2D eigenvalue weighted by Crippen LogP contribution is -2.47. The highest BCUT2D eigenvalue weighted by atomic mass is 32.2. The monoisotopic (exact) mass is 545 g/mol. The van der Waals surface area contributed by atoms with Crippen LogP contribution in [0, 0.1) is 0 Å². The van der Waals surface area contributed by atoms with E-state index in [0.29, 0.717) is 5.56 Å². The standard InChI is InChI=1S/C34H30N2OPS/c37-34(27-18-8-2-9-19-27)39-33-32(35-31(36-33)26-16-6-1-7-17-26)38(28-20-10-3-11-21-28,29-22-12-4-13-23-29)30-24-14-5-15-25-30/h1-25,31-33,35-36H/q+1/t31-,32+,33-/m1/s1. The second kappa shape index (κ2) is 11.7. The Morgan fingerprint density at radius 1 is 0.538 bits per heavy atom. The van der Waals surface area contributed by atoms with E-state index >= 15 is 0 Å². The summed E-state index contributed by atoms with van der Waals surface area (Å²) in [6.45, 7) is 0. The zero-order chi connectivity index (χ0) is 26.5. The number of nitrogens with one attached hydrogen (secondary N) is 2. The summed E-state index contributed by atoms with van der Waals surface area (Å²) < 4.78 is 0. The van der Waals surface area contributed by atoms with Gasteiger partial charge >= 0.3 is 0 Å². The molecule has 1 fully saturated rings. The molecule has 1 aliphatic rings. The van der Waals surface area contributed by atoms with E-state index in [1.165, 1.54) is 27.7 Å². The van der Waals surface area contributed by atoms with Gasteiger partial charge in [-0.15, -0.1) is 0 Å². The van der Waals surface area contributed by atoms with Gasteiger partial charge in [0.25, 0.3) is 0 Å². The summed E-state index contributed by atoms with van der Waals surface area (Å²) in [5.41, 5.74) is 1.87. The molecule has 192 valence electrons. The highest BCUT2D eigenvalue weighted by Gasteiger charge is 2.59. The van der Waals surface area contributed by atoms with Crippen molar-refractivity contribution in [2.45, 2.75) is 17.3 Å². The van der Waals surface area contributed by atoms with Crippen LogP contribution in [0.1, 0.15) is 22.1 Å². The molecule has 5 aromatic rings. The second-order valence-electron chi connectivity index (χ2n) is 9.54. The molecule has 2 N–H and O–H groups in total. The van der Waals surface area contributed by atoms with E-state index in [1.54, 1.807) is 0 Å². The number of carbonyl (C=O) groups is 1. The fourth-order valence-electron chi connectivity index (χ4n) is 5.49. The summed E-state index contributed by atoms with van der Waals surface area (Å²) in [5, 5.41) is 11.6. The van der Waals surface area contributed by atoms with Gasteiger partial charge in [0.1, 0.15) is 28.5 Å². The van der Waals surface area contributed by atoms with Crippen LogP contribution in [0.15, 0.2) is 152 Å². The third kappa shape index (κ3) is 5.09. The van der Waals surface area contributed by atoms with Crippen molar-refractivity contribution in [2.75, 3.05) is 0 Å². The lowest BCUT2D eigenvalue weighted by molar-refractivity contribution is 0.108. The number of hydrogen-bond donors (Lipinski definition) is 2. The van der Waals surface area contributed by atoms with E-state index in [9.17, 15) is 4.79 Å². The largest absolute Gasteiger partial charge is 0.282 e. The number of carbonyl (C=O) groups excluding carboxylic acids is 1. The van der Waals surface area contributed by atoms with Gasteiger partial charge in [-0.05, 0) is 42.0 Å². The minimum atomic E-state index is -2.31. The van der Waals surface area contributed by atoms with Crippen molar-refractivity contribution in [1.82, 2.24) is 10.6 Å². The SMILES string of the molecule is O=C(S[C@H]1N[C@H](c2ccccc2)N[C@H]1[P+](c1ccccc1)(c1ccccc1)c1ccccc1)c1ccccc1. The molecule has 0 bridgehead atoms. The highest BCUT2D eigenvalue weighted by Crippen LogP contribution is 2.62. The summed E-state index contributed by atoms with van der Waals surface area (Å²) in [6, 6.07) is 52.6. The van der Waals surface area contributed by atoms with Crippen LogP contribution in [-0.4, -0.2) is 16.3 Å². The lowest BCUT2D eigenvalue weighted by atomic mass is 10.2. The molecule has 3 nitrogen and oxygen atoms in total. The quantitative estimate of drug-likeness (QED) is 0.243. The number of benzene rings is 5. The van der Waals surface area contributed by atoms with Crippen LogP contribution in [0.25, 0.3) is 0 Å². The van der Waals surface area contributed by atoms with E-state index < -0.39 is 7.26 Å². The molecule has 0 spiro atoms. The maximum absolute atomic E-state index is 13.6. The predicted molar refractivity (Wildman–Crippen MR) is 167 cm³/mol. The molecular weight excluding hydrogens is 515 g/mol. The lowest BCUT2D eigenvalue weighted by Gasteiger charge is -2.35. The van der Waals surface area contributed by atoms with E-state index in [-0.39, 0.29) is 22.4 Å². The molecule has 0 amide bonds. The van der Waals surface area contributed by atoms with Crippen molar-refractivity contribution < 1.29 is 4.79 Å². The highest BCUT2D eigenvalue weighted by molar-refractivity contribution is 8.15. The smallest absolute Gasteiger partial charge is 0.221 e. The minimum Gasteiger partial charge on any atom is -0.282 e. The molecule has 1 aliphatic heterocycles. The van der Waals surface area contributed by atoms with Gasteiger partial charge in [-0.3, -0.25) is 15.4 Å². The fourth-order valence-corrected chi connectivity index (χ4v) is 11.8. The van der Waals surface area contributed by atoms with E-state index in [1.807, 2.05) is 36.4 Å². The average molecular weight is 546 g/mol. The molecule has 6 rings (SSSR count). The Balaban J connectivity index is 1.55. The van der Waals surface area contributed by atoms with E-state index in [2.05, 4.69) is 126 Å². The third-order valence-corrected chi connectivity index (χ3v) is 13.2. The molecular formula is C34H30N2OPS+. The van der Waals surface area contributed by atoms with Crippen LogP contribution >= 0.6 is 19.0 Å². The van der Waals surface area contributed by atoms with Gasteiger partial charge in [0.15, 0.2) is 5.78 Å². The van der Waals surface area contributed by atoms with Gasteiger partial charge in [-0.25, -0.2) is 0 Å². The maximum Gasteiger partial charge on any atom is 0.221 e. The van der Waals surface area contributed by atoms with Crippen molar-refractivity contribution in [2.24, 2.45) is 0 Å². The normalized spacial score (nSPS) is 19.0. The Bertz CT molecular complexity index is 1410. The van der Waals surface area contributed by atoms with Crippen LogP contribution < -0.4 is 26.5 Å². The van der Waals surface area contributed by atoms with Crippen LogP contribution in [0.2, 0.25) is 0 Å². The van der Waals surface area contributed by atoms with Crippen molar-refractivity contribution in [3.63, 3.8) is 0 Å². The molecule has 1 heterocycles. The van der Waals surface area contributed by atoms with Crippen LogP contribution in [0.5, 0.6) is 0 Å². The van der Waals surface area contributed by atoms with Crippen LogP contribution in [0.4, 0.5) is 0 Å². The number of rotatable bonds is 7. The van der Waals surface area contributed by atoms with Crippen molar-refractivity contribution in [1.29, 1.82) is 0 Å². The van der Waals surface area contributed by atoms with Gasteiger partial charge in [0.05, 0.1) is 6.17 Å². The number of thioether (sulfide) groups is 1. The van der Waals surface area contributed by atoms with Crippen LogP contribution in [0.3, 0.4) is 0 Å². The zero-order valence-corrected chi connectivity index (χ0v) is 23.1. The molecule has 0 aromatic heterocycles. The molecule has 5 heteroatoms. The van der Waals surface area contributed by atoms with Crippen LogP contribution in [-0.2, 0) is 0 Å². The fraction of sp³-hybridized carbons (Fsp3) is 0.0882. The maximum atomic E-state index is 13.6. The first-order valence-corrected chi connectivity index (χ1v) is 15.9. The molecule has 5 aromatic carbocycles. The third-order valence-electron chi connectivity index (χ3n) is 7.24. The molecule has 0 saturated carbocycles. The van der Waals surface area contributed by atoms with Crippen molar-refractivity contribution in [3.8, 4) is 0 Å². The summed E-state index contributed by atoms with van der Waals surface area (Å²) >= 11 is 1.39. The van der Waals surface area contributed by atoms with Gasteiger partial charge < -0.3 is 0 Å². The first-order valence-electron chi connectivity index (χ1n) is 13.2. The molecule has 0 unspecified atom stereocenters. The molecule has 39 heavy (non-hydrogen) atoms. The molecule has 0 radical (unpaired) electrons. The molecule has 1 saturated heterocycles. The van der Waals surface area contributed by atoms with Gasteiger partial charge in [0, 0.05) is 5.56 Å². The summed E-state index contributed by atoms with van der Waals surface area (Å²) in [5.74, 6) is -0.0485. The Labute approximate surface area is 235 Å². The van der Waals surface area contributed by atoms with Gasteiger partial charge in [-0.1, -0.05) is 127 Å². The Morgan fingerprint density at radius 3 is 1.41 bits per heavy atom. The molecule has 3 atom stereocenters. The Hall–Kier alpha value is -3.53. The zero-order valence-electron chi connectivity index (χ0n) is 21.4. The van der Waals surface area contributed by atoms with Gasteiger partial charge in [-0.2, -0.15) is 0 Å². The summed E-state index contributed by atoms with van der Waals surface area (Å²) in [4.78, 5) is 13.6.